The van der Waals surface area contributed by atoms with Gasteiger partial charge in [0.05, 0.1) is 45.6 Å². The van der Waals surface area contributed by atoms with Gasteiger partial charge in [-0.1, -0.05) is 30.3 Å². The Morgan fingerprint density at radius 3 is 1.81 bits per heavy atom. The Morgan fingerprint density at radius 2 is 1.29 bits per heavy atom. The zero-order chi connectivity index (χ0) is 51.5. The van der Waals surface area contributed by atoms with Gasteiger partial charge in [-0.15, -0.1) is 0 Å². The summed E-state index contributed by atoms with van der Waals surface area (Å²) in [6.45, 7) is -0.0301. The van der Waals surface area contributed by atoms with Gasteiger partial charge >= 0.3 is 29.8 Å². The molecule has 26 heteroatoms. The zero-order valence-corrected chi connectivity index (χ0v) is 41.0. The first kappa shape index (κ1) is 58.3. The fraction of sp³-hybridized carbons (Fsp3) is 0.478. The van der Waals surface area contributed by atoms with Crippen LogP contribution in [0.2, 0.25) is 0 Å². The molecule has 9 N–H and O–H groups in total. The summed E-state index contributed by atoms with van der Waals surface area (Å²) in [5.74, 6) is -7.85. The van der Waals surface area contributed by atoms with E-state index in [1.165, 1.54) is 4.90 Å². The molecular formula is C46H61LuN11O14. The van der Waals surface area contributed by atoms with Gasteiger partial charge in [0.2, 0.25) is 17.7 Å². The Bertz CT molecular complexity index is 2310. The Labute approximate surface area is 443 Å². The number of aromatic nitrogens is 2. The van der Waals surface area contributed by atoms with E-state index in [-0.39, 0.29) is 160 Å². The second-order valence-corrected chi connectivity index (χ2v) is 17.3. The largest absolute Gasteiger partial charge is 0.481 e. The van der Waals surface area contributed by atoms with Crippen molar-refractivity contribution in [3.8, 4) is 0 Å². The maximum absolute atomic E-state index is 14.1. The summed E-state index contributed by atoms with van der Waals surface area (Å²) >= 11 is 0. The van der Waals surface area contributed by atoms with Crippen LogP contribution in [0.25, 0.3) is 0 Å². The number of aromatic amines is 1. The Hall–Kier alpha value is -6.25. The standard InChI is InChI=1S/C46H61N11O14.Lu/c58-38(27-52-13-15-53(28-41(63)64)17-19-55(30-43(67)68)20-18-54(16-14-52)29-42(65)66)51-35(22-39(59)60)44(69)49-9-4-12-56-25-33-21-32(7-8-34(33)50-36(46(56)71)23-40(61)62)45(70)57(26-37-47-10-11-48-37)24-31-5-2-1-3-6-31;/h1-3,5-8,10-11,21,35-36,50H,4,9,12-20,22-30H2,(H,47,48)(H,49,69)(H,51,58)(H,59,60)(H,61,62)(H,63,64)(H,65,66)(H,67,68);/i;1+2. The van der Waals surface area contributed by atoms with Crippen molar-refractivity contribution in [3.05, 3.63) is 83.4 Å². The Kier molecular flexibility index (Phi) is 23.7. The number of hydrogen-bond acceptors (Lipinski definition) is 15. The third kappa shape index (κ3) is 19.7. The van der Waals surface area contributed by atoms with Crippen LogP contribution in [0.4, 0.5) is 5.69 Å². The fourth-order valence-electron chi connectivity index (χ4n) is 8.22. The number of nitrogens with one attached hydrogen (secondary N) is 4. The molecule has 2 unspecified atom stereocenters. The first-order valence-electron chi connectivity index (χ1n) is 23.0. The van der Waals surface area contributed by atoms with Crippen LogP contribution < -0.4 is 16.0 Å². The number of anilines is 1. The summed E-state index contributed by atoms with van der Waals surface area (Å²) in [7, 11) is 0. The van der Waals surface area contributed by atoms with Gasteiger partial charge in [0.15, 0.2) is 0 Å². The van der Waals surface area contributed by atoms with Crippen molar-refractivity contribution in [2.75, 3.05) is 96.9 Å². The minimum absolute atomic E-state index is 0. The van der Waals surface area contributed by atoms with Crippen molar-refractivity contribution in [1.29, 1.82) is 0 Å². The molecule has 3 heterocycles. The predicted molar refractivity (Wildman–Crippen MR) is 251 cm³/mol. The maximum Gasteiger partial charge on any atom is 0.317 e. The van der Waals surface area contributed by atoms with Gasteiger partial charge in [-0.25, -0.2) is 4.98 Å². The molecule has 1 fully saturated rings. The van der Waals surface area contributed by atoms with Gasteiger partial charge < -0.3 is 56.3 Å². The number of amides is 4. The molecule has 1 saturated heterocycles. The first-order valence-corrected chi connectivity index (χ1v) is 23.0. The molecule has 72 heavy (non-hydrogen) atoms. The molecule has 1 aromatic heterocycles. The van der Waals surface area contributed by atoms with E-state index in [0.29, 0.717) is 22.6 Å². The summed E-state index contributed by atoms with van der Waals surface area (Å²) in [5, 5.41) is 55.9. The predicted octanol–water partition coefficient (Wildman–Crippen LogP) is -1.21. The molecule has 5 rings (SSSR count). The summed E-state index contributed by atoms with van der Waals surface area (Å²) < 4.78 is 0. The third-order valence-electron chi connectivity index (χ3n) is 11.7. The minimum Gasteiger partial charge on any atom is -0.481 e. The molecule has 25 nitrogen and oxygen atoms in total. The molecule has 399 valence electrons. The van der Waals surface area contributed by atoms with Crippen LogP contribution in [0.3, 0.4) is 0 Å². The smallest absolute Gasteiger partial charge is 0.317 e. The van der Waals surface area contributed by atoms with Crippen molar-refractivity contribution < 1.29 is 106 Å². The van der Waals surface area contributed by atoms with Crippen LogP contribution in [0, 0.1) is 36.9 Å². The fourth-order valence-corrected chi connectivity index (χ4v) is 8.22. The molecule has 0 saturated carbocycles. The van der Waals surface area contributed by atoms with E-state index >= 15 is 0 Å². The number of fused-ring (bicyclic) bond motifs is 1. The molecule has 0 bridgehead atoms. The average molecular weight is 1170 g/mol. The molecule has 0 spiro atoms. The van der Waals surface area contributed by atoms with E-state index in [1.807, 2.05) is 30.3 Å². The number of carboxylic acids is 5. The third-order valence-corrected chi connectivity index (χ3v) is 11.7. The van der Waals surface area contributed by atoms with Crippen molar-refractivity contribution in [2.24, 2.45) is 0 Å². The van der Waals surface area contributed by atoms with Gasteiger partial charge in [-0.3, -0.25) is 62.8 Å². The zero-order valence-electron chi connectivity index (χ0n) is 39.4. The summed E-state index contributed by atoms with van der Waals surface area (Å²) in [5.41, 5.74) is 2.19. The van der Waals surface area contributed by atoms with E-state index < -0.39 is 72.5 Å². The van der Waals surface area contributed by atoms with Crippen LogP contribution in [-0.2, 0) is 58.0 Å². The van der Waals surface area contributed by atoms with E-state index in [2.05, 4.69) is 25.9 Å². The Balaban J connectivity index is 0.0000112. The van der Waals surface area contributed by atoms with Gasteiger partial charge in [0, 0.05) is 139 Å². The molecular weight excluding hydrogens is 1110 g/mol. The van der Waals surface area contributed by atoms with E-state index in [0.717, 1.165) is 5.56 Å². The first-order chi connectivity index (χ1) is 33.9. The van der Waals surface area contributed by atoms with Crippen molar-refractivity contribution in [1.82, 2.24) is 50.0 Å². The molecule has 2 aliphatic rings. The average Bonchev–Trinajstić information content (AvgIpc) is 3.78. The maximum atomic E-state index is 14.1. The van der Waals surface area contributed by atoms with Crippen molar-refractivity contribution >= 4 is 59.2 Å². The van der Waals surface area contributed by atoms with Gasteiger partial charge in [-0.05, 0) is 35.7 Å². The van der Waals surface area contributed by atoms with E-state index in [4.69, 9.17) is 0 Å². The van der Waals surface area contributed by atoms with Gasteiger partial charge in [0.1, 0.15) is 17.9 Å². The number of imidazole rings is 1. The molecule has 3 aromatic rings. The minimum atomic E-state index is -1.54. The monoisotopic (exact) mass is 1170 g/mol. The summed E-state index contributed by atoms with van der Waals surface area (Å²) in [6, 6.07) is 11.6. The number of nitrogens with zero attached hydrogens (tertiary/aromatic N) is 7. The molecule has 0 aliphatic carbocycles. The molecule has 2 atom stereocenters. The number of aliphatic carboxylic acids is 5. The molecule has 1 radical (unpaired) electrons. The van der Waals surface area contributed by atoms with Crippen LogP contribution in [0.5, 0.6) is 0 Å². The van der Waals surface area contributed by atoms with Crippen LogP contribution in [0.1, 0.15) is 46.6 Å². The quantitative estimate of drug-likeness (QED) is 0.0503. The van der Waals surface area contributed by atoms with Crippen molar-refractivity contribution in [2.45, 2.75) is 51.0 Å². The molecule has 2 aliphatic heterocycles. The van der Waals surface area contributed by atoms with Crippen LogP contribution in [-0.4, -0.2) is 222 Å². The summed E-state index contributed by atoms with van der Waals surface area (Å²) in [6.07, 6.45) is 2.01. The van der Waals surface area contributed by atoms with Gasteiger partial charge in [0.25, 0.3) is 5.91 Å². The van der Waals surface area contributed by atoms with Crippen LogP contribution >= 0.6 is 0 Å². The van der Waals surface area contributed by atoms with E-state index in [9.17, 15) is 68.7 Å². The number of hydrogen-bond donors (Lipinski definition) is 9. The topological polar surface area (TPSA) is 339 Å². The Morgan fingerprint density at radius 1 is 0.722 bits per heavy atom. The number of benzene rings is 2. The number of rotatable bonds is 23. The summed E-state index contributed by atoms with van der Waals surface area (Å²) in [4.78, 5) is 130. The van der Waals surface area contributed by atoms with Crippen molar-refractivity contribution in [3.63, 3.8) is 0 Å². The number of carbonyl (C=O) groups excluding carboxylic acids is 4. The number of carbonyl (C=O) groups is 9. The number of carboxylic acid groups (broad SMARTS) is 5. The molecule has 2 aromatic carbocycles. The second-order valence-electron chi connectivity index (χ2n) is 17.3. The normalized spacial score (nSPS) is 16.8. The number of H-pyrrole nitrogens is 1. The SMILES string of the molecule is O=C(O)CC(NC(=O)CN1CCN(CC(=O)O)CCN(CC(=O)O)CCN(CC(=O)O)CC1)C(=O)NCCCN1Cc2cc(C(=O)N(Cc3ccccc3)Cc3ncc[nH]3)ccc2NC(CC(=O)O)C1=O.[177Lu]. The second kappa shape index (κ2) is 29.3. The van der Waals surface area contributed by atoms with E-state index in [1.54, 1.807) is 55.1 Å². The van der Waals surface area contributed by atoms with Gasteiger partial charge in [-0.2, -0.15) is 0 Å². The molecule has 4 amide bonds. The van der Waals surface area contributed by atoms with Crippen LogP contribution in [0.15, 0.2) is 60.9 Å².